The van der Waals surface area contributed by atoms with E-state index in [0.29, 0.717) is 30.8 Å². The SMILES string of the molecule is Cc1ccc(NC(=O)CCc2ccc(S(=O)(=O)N3CCCCC3)cc2)cc1C. The maximum Gasteiger partial charge on any atom is 0.243 e. The average Bonchev–Trinajstić information content (AvgIpc) is 2.70. The van der Waals surface area contributed by atoms with Crippen LogP contribution in [0.3, 0.4) is 0 Å². The fourth-order valence-electron chi connectivity index (χ4n) is 3.38. The first kappa shape index (κ1) is 20.6. The van der Waals surface area contributed by atoms with Crippen LogP contribution in [-0.2, 0) is 21.2 Å². The average molecular weight is 401 g/mol. The van der Waals surface area contributed by atoms with Gasteiger partial charge < -0.3 is 5.32 Å². The fourth-order valence-corrected chi connectivity index (χ4v) is 4.90. The molecule has 2 aromatic carbocycles. The fraction of sp³-hybridized carbons (Fsp3) is 0.409. The first-order valence-electron chi connectivity index (χ1n) is 9.82. The highest BCUT2D eigenvalue weighted by Gasteiger charge is 2.25. The molecule has 0 radical (unpaired) electrons. The Labute approximate surface area is 167 Å². The summed E-state index contributed by atoms with van der Waals surface area (Å²) in [4.78, 5) is 12.5. The third-order valence-electron chi connectivity index (χ3n) is 5.31. The van der Waals surface area contributed by atoms with Crippen LogP contribution in [0.5, 0.6) is 0 Å². The van der Waals surface area contributed by atoms with E-state index in [1.165, 1.54) is 5.56 Å². The Kier molecular flexibility index (Phi) is 6.52. The maximum absolute atomic E-state index is 12.7. The van der Waals surface area contributed by atoms with Gasteiger partial charge in [-0.1, -0.05) is 24.6 Å². The largest absolute Gasteiger partial charge is 0.326 e. The van der Waals surface area contributed by atoms with Crippen LogP contribution in [0.2, 0.25) is 0 Å². The molecule has 1 N–H and O–H groups in total. The van der Waals surface area contributed by atoms with Gasteiger partial charge in [0.15, 0.2) is 0 Å². The lowest BCUT2D eigenvalue weighted by Crippen LogP contribution is -2.35. The Morgan fingerprint density at radius 1 is 0.964 bits per heavy atom. The van der Waals surface area contributed by atoms with Crippen molar-refractivity contribution in [2.45, 2.75) is 50.8 Å². The molecule has 1 aliphatic heterocycles. The molecule has 2 aromatic rings. The van der Waals surface area contributed by atoms with E-state index in [-0.39, 0.29) is 5.91 Å². The molecule has 1 amide bonds. The molecule has 0 atom stereocenters. The summed E-state index contributed by atoms with van der Waals surface area (Å²) in [6.07, 6.45) is 3.86. The Hall–Kier alpha value is -2.18. The van der Waals surface area contributed by atoms with Crippen LogP contribution in [-0.4, -0.2) is 31.7 Å². The molecular formula is C22H28N2O3S. The zero-order valence-electron chi connectivity index (χ0n) is 16.6. The van der Waals surface area contributed by atoms with Gasteiger partial charge in [-0.05, 0) is 74.1 Å². The number of hydrogen-bond acceptors (Lipinski definition) is 3. The lowest BCUT2D eigenvalue weighted by molar-refractivity contribution is -0.116. The normalized spacial score (nSPS) is 15.4. The molecule has 1 heterocycles. The van der Waals surface area contributed by atoms with E-state index in [1.807, 2.05) is 32.0 Å². The summed E-state index contributed by atoms with van der Waals surface area (Å²) in [5.74, 6) is -0.0479. The molecule has 150 valence electrons. The molecule has 1 saturated heterocycles. The van der Waals surface area contributed by atoms with Gasteiger partial charge in [0, 0.05) is 25.2 Å². The highest BCUT2D eigenvalue weighted by atomic mass is 32.2. The summed E-state index contributed by atoms with van der Waals surface area (Å²) in [7, 11) is -3.40. The molecule has 0 unspecified atom stereocenters. The van der Waals surface area contributed by atoms with E-state index in [2.05, 4.69) is 5.32 Å². The Morgan fingerprint density at radius 2 is 1.64 bits per heavy atom. The minimum absolute atomic E-state index is 0.0479. The second kappa shape index (κ2) is 8.88. The van der Waals surface area contributed by atoms with Crippen molar-refractivity contribution >= 4 is 21.6 Å². The van der Waals surface area contributed by atoms with Gasteiger partial charge in [0.2, 0.25) is 15.9 Å². The molecule has 0 bridgehead atoms. The van der Waals surface area contributed by atoms with E-state index in [1.54, 1.807) is 28.6 Å². The van der Waals surface area contributed by atoms with E-state index >= 15 is 0 Å². The monoisotopic (exact) mass is 400 g/mol. The number of rotatable bonds is 6. The van der Waals surface area contributed by atoms with Crippen LogP contribution in [0.4, 0.5) is 5.69 Å². The first-order valence-corrected chi connectivity index (χ1v) is 11.3. The molecule has 1 fully saturated rings. The second-order valence-electron chi connectivity index (χ2n) is 7.46. The predicted octanol–water partition coefficient (Wildman–Crippen LogP) is 4.05. The quantitative estimate of drug-likeness (QED) is 0.795. The molecule has 0 aliphatic carbocycles. The number of nitrogens with one attached hydrogen (secondary N) is 1. The number of carbonyl (C=O) groups is 1. The zero-order valence-corrected chi connectivity index (χ0v) is 17.4. The van der Waals surface area contributed by atoms with Crippen LogP contribution in [0, 0.1) is 13.8 Å². The van der Waals surface area contributed by atoms with Crippen LogP contribution in [0.15, 0.2) is 47.4 Å². The summed E-state index contributed by atoms with van der Waals surface area (Å²) in [5.41, 5.74) is 4.09. The van der Waals surface area contributed by atoms with E-state index < -0.39 is 10.0 Å². The minimum Gasteiger partial charge on any atom is -0.326 e. The van der Waals surface area contributed by atoms with Gasteiger partial charge in [0.25, 0.3) is 0 Å². The Bertz CT molecular complexity index is 931. The van der Waals surface area contributed by atoms with Crippen molar-refractivity contribution in [3.8, 4) is 0 Å². The lowest BCUT2D eigenvalue weighted by atomic mass is 10.1. The maximum atomic E-state index is 12.7. The second-order valence-corrected chi connectivity index (χ2v) is 9.39. The number of sulfonamides is 1. The van der Waals surface area contributed by atoms with Crippen molar-refractivity contribution in [3.63, 3.8) is 0 Å². The number of carbonyl (C=O) groups excluding carboxylic acids is 1. The summed E-state index contributed by atoms with van der Waals surface area (Å²) in [6.45, 7) is 5.26. The minimum atomic E-state index is -3.40. The molecular weight excluding hydrogens is 372 g/mol. The summed E-state index contributed by atoms with van der Waals surface area (Å²) in [5, 5.41) is 2.92. The number of benzene rings is 2. The number of anilines is 1. The molecule has 3 rings (SSSR count). The van der Waals surface area contributed by atoms with Gasteiger partial charge in [0.05, 0.1) is 4.90 Å². The number of hydrogen-bond donors (Lipinski definition) is 1. The highest BCUT2D eigenvalue weighted by molar-refractivity contribution is 7.89. The van der Waals surface area contributed by atoms with Crippen LogP contribution in [0.25, 0.3) is 0 Å². The van der Waals surface area contributed by atoms with Crippen LogP contribution in [0.1, 0.15) is 42.4 Å². The summed E-state index contributed by atoms with van der Waals surface area (Å²) in [6, 6.07) is 12.8. The third-order valence-corrected chi connectivity index (χ3v) is 7.22. The smallest absolute Gasteiger partial charge is 0.243 e. The highest BCUT2D eigenvalue weighted by Crippen LogP contribution is 2.21. The van der Waals surface area contributed by atoms with Gasteiger partial charge in [0.1, 0.15) is 0 Å². The van der Waals surface area contributed by atoms with Crippen molar-refractivity contribution in [1.29, 1.82) is 0 Å². The molecule has 28 heavy (non-hydrogen) atoms. The van der Waals surface area contributed by atoms with Crippen molar-refractivity contribution in [2.24, 2.45) is 0 Å². The Balaban J connectivity index is 1.56. The van der Waals surface area contributed by atoms with Gasteiger partial charge in [-0.15, -0.1) is 0 Å². The third kappa shape index (κ3) is 5.00. The molecule has 0 spiro atoms. The van der Waals surface area contributed by atoms with Gasteiger partial charge >= 0.3 is 0 Å². The zero-order chi connectivity index (χ0) is 20.1. The summed E-state index contributed by atoms with van der Waals surface area (Å²) >= 11 is 0. The van der Waals surface area contributed by atoms with Crippen molar-refractivity contribution < 1.29 is 13.2 Å². The number of aryl methyl sites for hydroxylation is 3. The van der Waals surface area contributed by atoms with Crippen LogP contribution >= 0.6 is 0 Å². The van der Waals surface area contributed by atoms with E-state index in [4.69, 9.17) is 0 Å². The summed E-state index contributed by atoms with van der Waals surface area (Å²) < 4.78 is 26.9. The van der Waals surface area contributed by atoms with Crippen molar-refractivity contribution in [1.82, 2.24) is 4.31 Å². The Morgan fingerprint density at radius 3 is 2.29 bits per heavy atom. The van der Waals surface area contributed by atoms with Gasteiger partial charge in [-0.25, -0.2) is 8.42 Å². The molecule has 0 aromatic heterocycles. The first-order chi connectivity index (χ1) is 13.4. The van der Waals surface area contributed by atoms with Crippen molar-refractivity contribution in [2.75, 3.05) is 18.4 Å². The molecule has 6 heteroatoms. The molecule has 0 saturated carbocycles. The number of nitrogens with zero attached hydrogens (tertiary/aromatic N) is 1. The topological polar surface area (TPSA) is 66.5 Å². The van der Waals surface area contributed by atoms with Gasteiger partial charge in [-0.3, -0.25) is 4.79 Å². The van der Waals surface area contributed by atoms with E-state index in [0.717, 1.165) is 36.1 Å². The molecule has 5 nitrogen and oxygen atoms in total. The number of piperidine rings is 1. The molecule has 1 aliphatic rings. The number of amides is 1. The lowest BCUT2D eigenvalue weighted by Gasteiger charge is -2.25. The van der Waals surface area contributed by atoms with Crippen LogP contribution < -0.4 is 5.32 Å². The predicted molar refractivity (Wildman–Crippen MR) is 112 cm³/mol. The van der Waals surface area contributed by atoms with Gasteiger partial charge in [-0.2, -0.15) is 4.31 Å². The standard InChI is InChI=1S/C22H28N2O3S/c1-17-6-10-20(16-18(17)2)23-22(25)13-9-19-7-11-21(12-8-19)28(26,27)24-14-4-3-5-15-24/h6-8,10-12,16H,3-5,9,13-15H2,1-2H3,(H,23,25). The van der Waals surface area contributed by atoms with Crippen molar-refractivity contribution in [3.05, 3.63) is 59.2 Å². The van der Waals surface area contributed by atoms with E-state index in [9.17, 15) is 13.2 Å².